The van der Waals surface area contributed by atoms with Gasteiger partial charge in [-0.05, 0) is 19.4 Å². The van der Waals surface area contributed by atoms with E-state index in [2.05, 4.69) is 17.2 Å². The molecule has 1 aromatic heterocycles. The van der Waals surface area contributed by atoms with E-state index < -0.39 is 6.10 Å². The van der Waals surface area contributed by atoms with Crippen molar-refractivity contribution >= 4 is 0 Å². The zero-order chi connectivity index (χ0) is 13.1. The highest BCUT2D eigenvalue weighted by Crippen LogP contribution is 1.91. The van der Waals surface area contributed by atoms with Crippen LogP contribution in [0.5, 0.6) is 0 Å². The summed E-state index contributed by atoms with van der Waals surface area (Å²) >= 11 is 0. The second-order valence-corrected chi connectivity index (χ2v) is 4.44. The topological polar surface area (TPSA) is 59.3 Å². The van der Waals surface area contributed by atoms with Crippen LogP contribution in [0.1, 0.15) is 26.2 Å². The van der Waals surface area contributed by atoms with Gasteiger partial charge in [0, 0.05) is 32.1 Å². The number of nitrogens with one attached hydrogen (secondary N) is 1. The van der Waals surface area contributed by atoms with Crippen LogP contribution in [0.4, 0.5) is 0 Å². The van der Waals surface area contributed by atoms with Gasteiger partial charge in [0.15, 0.2) is 0 Å². The van der Waals surface area contributed by atoms with Crippen molar-refractivity contribution in [2.75, 3.05) is 26.3 Å². The third kappa shape index (κ3) is 7.42. The van der Waals surface area contributed by atoms with Crippen molar-refractivity contribution in [3.05, 3.63) is 18.7 Å². The number of aliphatic hydroxyl groups excluding tert-OH is 1. The molecule has 0 bridgehead atoms. The Kier molecular flexibility index (Phi) is 8.46. The number of aromatic nitrogens is 2. The average molecular weight is 255 g/mol. The van der Waals surface area contributed by atoms with Gasteiger partial charge in [-0.2, -0.15) is 0 Å². The first-order valence-corrected chi connectivity index (χ1v) is 6.75. The van der Waals surface area contributed by atoms with Crippen LogP contribution in [0.3, 0.4) is 0 Å². The van der Waals surface area contributed by atoms with Gasteiger partial charge in [0.2, 0.25) is 0 Å². The van der Waals surface area contributed by atoms with E-state index in [1.165, 1.54) is 0 Å². The van der Waals surface area contributed by atoms with Crippen LogP contribution in [0.25, 0.3) is 0 Å². The molecule has 1 unspecified atom stereocenters. The molecule has 18 heavy (non-hydrogen) atoms. The fourth-order valence-corrected chi connectivity index (χ4v) is 1.60. The molecule has 104 valence electrons. The molecule has 0 fully saturated rings. The van der Waals surface area contributed by atoms with Crippen LogP contribution in [-0.2, 0) is 11.3 Å². The van der Waals surface area contributed by atoms with Crippen LogP contribution in [0.2, 0.25) is 0 Å². The van der Waals surface area contributed by atoms with Gasteiger partial charge < -0.3 is 19.7 Å². The predicted molar refractivity (Wildman–Crippen MR) is 71.4 cm³/mol. The highest BCUT2D eigenvalue weighted by Gasteiger charge is 2.02. The zero-order valence-corrected chi connectivity index (χ0v) is 11.2. The SMILES string of the molecule is CCCCOCC(O)CNCCCn1ccnc1. The molecule has 0 aliphatic rings. The van der Waals surface area contributed by atoms with Gasteiger partial charge in [0.1, 0.15) is 0 Å². The zero-order valence-electron chi connectivity index (χ0n) is 11.2. The molecule has 0 aliphatic heterocycles. The monoisotopic (exact) mass is 255 g/mol. The van der Waals surface area contributed by atoms with Crippen LogP contribution < -0.4 is 5.32 Å². The minimum Gasteiger partial charge on any atom is -0.389 e. The molecule has 0 aliphatic carbocycles. The maximum Gasteiger partial charge on any atom is 0.0945 e. The van der Waals surface area contributed by atoms with E-state index in [1.54, 1.807) is 6.20 Å². The van der Waals surface area contributed by atoms with Crippen LogP contribution in [-0.4, -0.2) is 47.1 Å². The Hall–Kier alpha value is -0.910. The summed E-state index contributed by atoms with van der Waals surface area (Å²) in [4.78, 5) is 3.98. The molecule has 1 aromatic rings. The van der Waals surface area contributed by atoms with Crippen molar-refractivity contribution < 1.29 is 9.84 Å². The first-order chi connectivity index (χ1) is 8.83. The lowest BCUT2D eigenvalue weighted by atomic mass is 10.3. The maximum absolute atomic E-state index is 9.63. The Balaban J connectivity index is 1.87. The van der Waals surface area contributed by atoms with Gasteiger partial charge >= 0.3 is 0 Å². The highest BCUT2D eigenvalue weighted by atomic mass is 16.5. The van der Waals surface area contributed by atoms with E-state index in [1.807, 2.05) is 17.1 Å². The highest BCUT2D eigenvalue weighted by molar-refractivity contribution is 4.73. The Morgan fingerprint density at radius 1 is 1.44 bits per heavy atom. The first-order valence-electron chi connectivity index (χ1n) is 6.75. The van der Waals surface area contributed by atoms with Gasteiger partial charge in [0.05, 0.1) is 19.0 Å². The number of hydrogen-bond acceptors (Lipinski definition) is 4. The molecular weight excluding hydrogens is 230 g/mol. The Morgan fingerprint density at radius 3 is 3.06 bits per heavy atom. The Bertz CT molecular complexity index is 278. The van der Waals surface area contributed by atoms with Crippen molar-refractivity contribution in [2.45, 2.75) is 38.8 Å². The molecule has 1 atom stereocenters. The number of hydrogen-bond donors (Lipinski definition) is 2. The second-order valence-electron chi connectivity index (χ2n) is 4.44. The van der Waals surface area contributed by atoms with Crippen molar-refractivity contribution in [3.63, 3.8) is 0 Å². The molecule has 0 spiro atoms. The summed E-state index contributed by atoms with van der Waals surface area (Å²) in [5, 5.41) is 12.9. The number of nitrogens with zero attached hydrogens (tertiary/aromatic N) is 2. The molecule has 1 heterocycles. The van der Waals surface area contributed by atoms with Gasteiger partial charge in [-0.3, -0.25) is 0 Å². The molecule has 2 N–H and O–H groups in total. The second kappa shape index (κ2) is 10.1. The Morgan fingerprint density at radius 2 is 2.33 bits per heavy atom. The molecule has 0 saturated heterocycles. The number of ether oxygens (including phenoxy) is 1. The molecule has 0 radical (unpaired) electrons. The number of aliphatic hydroxyl groups is 1. The first kappa shape index (κ1) is 15.1. The normalized spacial score (nSPS) is 12.8. The van der Waals surface area contributed by atoms with Gasteiger partial charge in [0.25, 0.3) is 0 Å². The van der Waals surface area contributed by atoms with Crippen molar-refractivity contribution in [1.82, 2.24) is 14.9 Å². The van der Waals surface area contributed by atoms with Crippen molar-refractivity contribution in [2.24, 2.45) is 0 Å². The summed E-state index contributed by atoms with van der Waals surface area (Å²) < 4.78 is 7.40. The number of rotatable bonds is 11. The smallest absolute Gasteiger partial charge is 0.0945 e. The fourth-order valence-electron chi connectivity index (χ4n) is 1.60. The van der Waals surface area contributed by atoms with Gasteiger partial charge in [-0.1, -0.05) is 13.3 Å². The molecular formula is C13H25N3O2. The number of imidazole rings is 1. The summed E-state index contributed by atoms with van der Waals surface area (Å²) in [5.74, 6) is 0. The van der Waals surface area contributed by atoms with Gasteiger partial charge in [-0.15, -0.1) is 0 Å². The average Bonchev–Trinajstić information content (AvgIpc) is 2.87. The molecule has 0 amide bonds. The summed E-state index contributed by atoms with van der Waals surface area (Å²) in [5.41, 5.74) is 0. The van der Waals surface area contributed by atoms with E-state index in [-0.39, 0.29) is 0 Å². The lowest BCUT2D eigenvalue weighted by Gasteiger charge is -2.12. The molecule has 1 rings (SSSR count). The maximum atomic E-state index is 9.63. The van der Waals surface area contributed by atoms with E-state index in [4.69, 9.17) is 4.74 Å². The third-order valence-corrected chi connectivity index (χ3v) is 2.66. The lowest BCUT2D eigenvalue weighted by Crippen LogP contribution is -2.31. The largest absolute Gasteiger partial charge is 0.389 e. The quantitative estimate of drug-likeness (QED) is 0.580. The molecule has 0 saturated carbocycles. The lowest BCUT2D eigenvalue weighted by molar-refractivity contribution is 0.0360. The minimum atomic E-state index is -0.407. The fraction of sp³-hybridized carbons (Fsp3) is 0.769. The van der Waals surface area contributed by atoms with Crippen molar-refractivity contribution in [3.8, 4) is 0 Å². The molecule has 0 aromatic carbocycles. The number of unbranched alkanes of at least 4 members (excludes halogenated alkanes) is 1. The molecule has 5 heteroatoms. The van der Waals surface area contributed by atoms with E-state index in [0.29, 0.717) is 13.2 Å². The van der Waals surface area contributed by atoms with Crippen LogP contribution in [0, 0.1) is 0 Å². The van der Waals surface area contributed by atoms with Gasteiger partial charge in [-0.25, -0.2) is 4.98 Å². The standard InChI is InChI=1S/C13H25N3O2/c1-2-3-9-18-11-13(17)10-14-5-4-7-16-8-6-15-12-16/h6,8,12-14,17H,2-5,7,9-11H2,1H3. The summed E-state index contributed by atoms with van der Waals surface area (Å²) in [6.45, 7) is 5.74. The third-order valence-electron chi connectivity index (χ3n) is 2.66. The summed E-state index contributed by atoms with van der Waals surface area (Å²) in [6.07, 6.45) is 8.36. The molecule has 5 nitrogen and oxygen atoms in total. The van der Waals surface area contributed by atoms with E-state index in [0.717, 1.165) is 39.0 Å². The van der Waals surface area contributed by atoms with Crippen LogP contribution >= 0.6 is 0 Å². The van der Waals surface area contributed by atoms with Crippen LogP contribution in [0.15, 0.2) is 18.7 Å². The summed E-state index contributed by atoms with van der Waals surface area (Å²) in [7, 11) is 0. The Labute approximate surface area is 109 Å². The number of aryl methyl sites for hydroxylation is 1. The van der Waals surface area contributed by atoms with Crippen molar-refractivity contribution in [1.29, 1.82) is 0 Å². The minimum absolute atomic E-state index is 0.407. The predicted octanol–water partition coefficient (Wildman–Crippen LogP) is 1.04. The summed E-state index contributed by atoms with van der Waals surface area (Å²) in [6, 6.07) is 0. The van der Waals surface area contributed by atoms with E-state index in [9.17, 15) is 5.11 Å². The van der Waals surface area contributed by atoms with E-state index >= 15 is 0 Å².